The number of hydrogen-bond acceptors (Lipinski definition) is 6. The Hall–Kier alpha value is -1.23. The smallest absolute Gasteiger partial charge is 0.244 e. The molecule has 0 amide bonds. The minimum atomic E-state index is -3.86. The molecule has 0 aliphatic rings. The fourth-order valence-corrected chi connectivity index (χ4v) is 3.16. The highest BCUT2D eigenvalue weighted by Gasteiger charge is 2.19. The second-order valence-electron chi connectivity index (χ2n) is 3.88. The number of nitrogens with two attached hydrogens (primary N) is 1. The normalized spacial score (nSPS) is 12.8. The van der Waals surface area contributed by atoms with Crippen LogP contribution in [0, 0.1) is 0 Å². The van der Waals surface area contributed by atoms with Crippen molar-refractivity contribution >= 4 is 25.9 Å². The van der Waals surface area contributed by atoms with Crippen molar-refractivity contribution in [1.82, 2.24) is 14.0 Å². The monoisotopic (exact) mass is 308 g/mol. The van der Waals surface area contributed by atoms with E-state index in [9.17, 15) is 16.8 Å². The largest absolute Gasteiger partial charge is 0.383 e. The molecule has 0 atom stereocenters. The molecule has 10 heteroatoms. The zero-order valence-electron chi connectivity index (χ0n) is 10.6. The maximum atomic E-state index is 11.9. The van der Waals surface area contributed by atoms with Crippen molar-refractivity contribution in [3.05, 3.63) is 18.3 Å². The molecule has 1 rings (SSSR count). The first-order valence-electron chi connectivity index (χ1n) is 5.27. The molecule has 0 saturated carbocycles. The molecule has 0 radical (unpaired) electrons. The van der Waals surface area contributed by atoms with Gasteiger partial charge in [-0.3, -0.25) is 0 Å². The Morgan fingerprint density at radius 1 is 1.32 bits per heavy atom. The summed E-state index contributed by atoms with van der Waals surface area (Å²) < 4.78 is 49.9. The highest BCUT2D eigenvalue weighted by Crippen LogP contribution is 2.13. The van der Waals surface area contributed by atoms with Gasteiger partial charge in [-0.1, -0.05) is 0 Å². The fraction of sp³-hybridized carbons (Fsp3) is 0.444. The maximum Gasteiger partial charge on any atom is 0.244 e. The second-order valence-corrected chi connectivity index (χ2v) is 7.92. The molecule has 8 nitrogen and oxygen atoms in total. The van der Waals surface area contributed by atoms with Crippen LogP contribution in [0.5, 0.6) is 0 Å². The summed E-state index contributed by atoms with van der Waals surface area (Å²) >= 11 is 0. The number of hydrogen-bond donors (Lipinski definition) is 2. The van der Waals surface area contributed by atoms with Gasteiger partial charge in [0.05, 0.1) is 5.75 Å². The molecule has 19 heavy (non-hydrogen) atoms. The number of nitrogens with zero attached hydrogens (tertiary/aromatic N) is 2. The van der Waals surface area contributed by atoms with Crippen LogP contribution in [0.1, 0.15) is 0 Å². The molecule has 3 N–H and O–H groups in total. The van der Waals surface area contributed by atoms with Gasteiger partial charge in [0.2, 0.25) is 20.0 Å². The van der Waals surface area contributed by atoms with Crippen LogP contribution >= 0.6 is 0 Å². The SMILES string of the molecule is CN(C)S(=O)(=O)CCNS(=O)(=O)c1cccnc1N. The lowest BCUT2D eigenvalue weighted by Gasteiger charge is -2.12. The van der Waals surface area contributed by atoms with Crippen LogP contribution in [0.4, 0.5) is 5.82 Å². The number of anilines is 1. The number of pyridine rings is 1. The van der Waals surface area contributed by atoms with Crippen molar-refractivity contribution in [1.29, 1.82) is 0 Å². The van der Waals surface area contributed by atoms with Crippen molar-refractivity contribution in [2.24, 2.45) is 0 Å². The Kier molecular flexibility index (Phi) is 4.85. The minimum Gasteiger partial charge on any atom is -0.383 e. The first kappa shape index (κ1) is 15.8. The van der Waals surface area contributed by atoms with Gasteiger partial charge in [-0.2, -0.15) is 0 Å². The van der Waals surface area contributed by atoms with E-state index in [1.807, 2.05) is 0 Å². The molecule has 108 valence electrons. The van der Waals surface area contributed by atoms with Crippen molar-refractivity contribution < 1.29 is 16.8 Å². The summed E-state index contributed by atoms with van der Waals surface area (Å²) in [6.07, 6.45) is 1.37. The molecule has 0 bridgehead atoms. The number of nitrogens with one attached hydrogen (secondary N) is 1. The molecule has 1 heterocycles. The Bertz CT molecular complexity index is 640. The Morgan fingerprint density at radius 3 is 2.47 bits per heavy atom. The highest BCUT2D eigenvalue weighted by atomic mass is 32.2. The minimum absolute atomic E-state index is 0.134. The summed E-state index contributed by atoms with van der Waals surface area (Å²) in [6, 6.07) is 2.73. The van der Waals surface area contributed by atoms with Crippen LogP contribution in [0.2, 0.25) is 0 Å². The summed E-state index contributed by atoms with van der Waals surface area (Å²) in [5, 5.41) is 0. The van der Waals surface area contributed by atoms with Gasteiger partial charge in [-0.15, -0.1) is 0 Å². The molecule has 0 aliphatic carbocycles. The molecule has 0 spiro atoms. The molecule has 0 unspecified atom stereocenters. The van der Waals surface area contributed by atoms with Gasteiger partial charge in [0, 0.05) is 26.8 Å². The highest BCUT2D eigenvalue weighted by molar-refractivity contribution is 7.90. The van der Waals surface area contributed by atoms with E-state index in [-0.39, 0.29) is 23.0 Å². The number of sulfonamides is 2. The van der Waals surface area contributed by atoms with E-state index in [1.165, 1.54) is 32.4 Å². The Balaban J connectivity index is 2.76. The number of nitrogen functional groups attached to an aromatic ring is 1. The summed E-state index contributed by atoms with van der Waals surface area (Å²) in [5.74, 6) is -0.468. The molecule has 1 aromatic rings. The third-order valence-corrected chi connectivity index (χ3v) is 5.64. The van der Waals surface area contributed by atoms with E-state index in [2.05, 4.69) is 9.71 Å². The predicted octanol–water partition coefficient (Wildman–Crippen LogP) is -1.17. The molecule has 0 saturated heterocycles. The van der Waals surface area contributed by atoms with E-state index in [4.69, 9.17) is 5.73 Å². The van der Waals surface area contributed by atoms with E-state index < -0.39 is 20.0 Å². The first-order valence-corrected chi connectivity index (χ1v) is 8.36. The van der Waals surface area contributed by atoms with Gasteiger partial charge >= 0.3 is 0 Å². The molecule has 0 aliphatic heterocycles. The summed E-state index contributed by atoms with van der Waals surface area (Å²) in [5.41, 5.74) is 5.46. The number of aromatic nitrogens is 1. The Labute approximate surface area is 112 Å². The zero-order chi connectivity index (χ0) is 14.7. The summed E-state index contributed by atoms with van der Waals surface area (Å²) in [4.78, 5) is 3.49. The van der Waals surface area contributed by atoms with Gasteiger partial charge in [0.1, 0.15) is 10.7 Å². The van der Waals surface area contributed by atoms with Crippen molar-refractivity contribution in [2.45, 2.75) is 4.90 Å². The number of rotatable bonds is 6. The van der Waals surface area contributed by atoms with Gasteiger partial charge in [0.15, 0.2) is 0 Å². The second kappa shape index (κ2) is 5.82. The summed E-state index contributed by atoms with van der Waals surface area (Å²) in [6.45, 7) is -0.239. The predicted molar refractivity (Wildman–Crippen MR) is 71.3 cm³/mol. The Morgan fingerprint density at radius 2 is 1.95 bits per heavy atom. The van der Waals surface area contributed by atoms with E-state index in [0.29, 0.717) is 0 Å². The van der Waals surface area contributed by atoms with Gasteiger partial charge < -0.3 is 5.73 Å². The van der Waals surface area contributed by atoms with E-state index >= 15 is 0 Å². The average molecular weight is 308 g/mol. The van der Waals surface area contributed by atoms with Crippen LogP contribution in [0.3, 0.4) is 0 Å². The standard InChI is InChI=1S/C9H16N4O4S2/c1-13(2)18(14,15)7-6-12-19(16,17)8-4-3-5-11-9(8)10/h3-5,12H,6-7H2,1-2H3,(H2,10,11). The van der Waals surface area contributed by atoms with E-state index in [1.54, 1.807) is 0 Å². The van der Waals surface area contributed by atoms with Gasteiger partial charge in [-0.05, 0) is 12.1 Å². The van der Waals surface area contributed by atoms with Gasteiger partial charge in [-0.25, -0.2) is 30.8 Å². The summed E-state index contributed by atoms with van der Waals surface area (Å²) in [7, 11) is -4.56. The molecular weight excluding hydrogens is 292 g/mol. The third-order valence-electron chi connectivity index (χ3n) is 2.30. The first-order chi connectivity index (χ1) is 8.67. The van der Waals surface area contributed by atoms with Crippen molar-refractivity contribution in [3.8, 4) is 0 Å². The van der Waals surface area contributed by atoms with Crippen LogP contribution in [-0.4, -0.2) is 52.5 Å². The average Bonchev–Trinajstić information content (AvgIpc) is 2.28. The quantitative estimate of drug-likeness (QED) is 0.683. The van der Waals surface area contributed by atoms with Crippen LogP contribution in [-0.2, 0) is 20.0 Å². The maximum absolute atomic E-state index is 11.9. The fourth-order valence-electron chi connectivity index (χ4n) is 1.20. The topological polar surface area (TPSA) is 122 Å². The lowest BCUT2D eigenvalue weighted by atomic mass is 10.5. The van der Waals surface area contributed by atoms with Crippen molar-refractivity contribution in [2.75, 3.05) is 32.1 Å². The van der Waals surface area contributed by atoms with Crippen LogP contribution in [0.15, 0.2) is 23.2 Å². The molecule has 0 fully saturated rings. The third kappa shape index (κ3) is 4.13. The van der Waals surface area contributed by atoms with Crippen LogP contribution < -0.4 is 10.5 Å². The van der Waals surface area contributed by atoms with Gasteiger partial charge in [0.25, 0.3) is 0 Å². The van der Waals surface area contributed by atoms with Crippen LogP contribution in [0.25, 0.3) is 0 Å². The molecule has 1 aromatic heterocycles. The van der Waals surface area contributed by atoms with E-state index in [0.717, 1.165) is 4.31 Å². The zero-order valence-corrected chi connectivity index (χ0v) is 12.2. The lowest BCUT2D eigenvalue weighted by molar-refractivity contribution is 0.519. The molecule has 0 aromatic carbocycles. The van der Waals surface area contributed by atoms with Crippen molar-refractivity contribution in [3.63, 3.8) is 0 Å². The lowest BCUT2D eigenvalue weighted by Crippen LogP contribution is -2.34. The molecular formula is C9H16N4O4S2.